The number of hydrogen-bond acceptors (Lipinski definition) is 9. The van der Waals surface area contributed by atoms with Crippen molar-refractivity contribution in [2.45, 2.75) is 32.4 Å². The van der Waals surface area contributed by atoms with Crippen LogP contribution in [0.25, 0.3) is 16.6 Å². The number of hydrogen-bond donors (Lipinski definition) is 3. The molecule has 0 fully saturated rings. The summed E-state index contributed by atoms with van der Waals surface area (Å²) in [6, 6.07) is 4.65. The first-order valence-corrected chi connectivity index (χ1v) is 14.0. The van der Waals surface area contributed by atoms with E-state index >= 15 is 0 Å². The van der Waals surface area contributed by atoms with Gasteiger partial charge in [0.25, 0.3) is 5.91 Å². The Bertz CT molecular complexity index is 1820. The molecule has 0 saturated carbocycles. The van der Waals surface area contributed by atoms with Crippen LogP contribution in [0.4, 0.5) is 20.4 Å². The number of fused-ring (bicyclic) bond motifs is 1. The molecule has 0 spiro atoms. The van der Waals surface area contributed by atoms with Crippen molar-refractivity contribution in [2.24, 2.45) is 0 Å². The number of allylic oxidation sites excluding steroid dienone is 3. The van der Waals surface area contributed by atoms with Crippen LogP contribution in [0, 0.1) is 23.0 Å². The standard InChI is InChI=1S/C31H32F2N10O/c1-18(21-8-9-24(32)25(33)12-21)40-31(44)27-29(37-15-22(13-34)41-27)36-14-19-4-6-20(7-5-19)23-16-43(11-10-42(2)3)30-26(23)28(35)38-17-39-30/h4,6,8-9,12,15-18H,5,7,10-11,14H2,1-3H3,(H,36,37)(H,40,44)(H2,35,38,39). The fourth-order valence-corrected chi connectivity index (χ4v) is 4.98. The van der Waals surface area contributed by atoms with Crippen LogP contribution in [0.1, 0.15) is 53.1 Å². The largest absolute Gasteiger partial charge is 0.383 e. The number of likely N-dealkylation sites (N-methyl/N-ethyl adjacent to an activating group) is 1. The minimum atomic E-state index is -1.01. The SMILES string of the molecule is CC(NC(=O)c1nc(C#N)cnc1NCC1=CC=C(c2cn(CCN(C)C)c3ncnc(N)c23)CC1)c1ccc(F)c(F)c1. The summed E-state index contributed by atoms with van der Waals surface area (Å²) < 4.78 is 29.2. The molecule has 1 aliphatic rings. The number of aromatic nitrogens is 5. The molecule has 3 heterocycles. The third kappa shape index (κ3) is 6.55. The normalized spacial score (nSPS) is 13.8. The number of nitrogens with two attached hydrogens (primary N) is 1. The molecular weight excluding hydrogens is 566 g/mol. The van der Waals surface area contributed by atoms with Gasteiger partial charge in [0.05, 0.1) is 17.6 Å². The van der Waals surface area contributed by atoms with Gasteiger partial charge in [-0.15, -0.1) is 0 Å². The maximum atomic E-state index is 13.7. The zero-order chi connectivity index (χ0) is 31.4. The van der Waals surface area contributed by atoms with Crippen molar-refractivity contribution in [1.82, 2.24) is 34.7 Å². The first kappa shape index (κ1) is 30.2. The molecule has 4 aromatic rings. The molecular formula is C31H32F2N10O. The Morgan fingerprint density at radius 2 is 2.00 bits per heavy atom. The second kappa shape index (κ2) is 13.0. The number of amides is 1. The van der Waals surface area contributed by atoms with Crippen molar-refractivity contribution in [2.75, 3.05) is 38.2 Å². The number of nitrogens with zero attached hydrogens (tertiary/aromatic N) is 7. The number of halogens is 2. The van der Waals surface area contributed by atoms with E-state index < -0.39 is 23.6 Å². The lowest BCUT2D eigenvalue weighted by Crippen LogP contribution is -2.29. The summed E-state index contributed by atoms with van der Waals surface area (Å²) in [5, 5.41) is 16.1. The van der Waals surface area contributed by atoms with Gasteiger partial charge in [-0.2, -0.15) is 5.26 Å². The molecule has 1 unspecified atom stereocenters. The zero-order valence-corrected chi connectivity index (χ0v) is 24.6. The van der Waals surface area contributed by atoms with Crippen LogP contribution in [0.5, 0.6) is 0 Å². The highest BCUT2D eigenvalue weighted by Gasteiger charge is 2.21. The minimum Gasteiger partial charge on any atom is -0.383 e. The van der Waals surface area contributed by atoms with E-state index in [0.717, 1.165) is 65.8 Å². The lowest BCUT2D eigenvalue weighted by atomic mass is 9.93. The molecule has 1 amide bonds. The molecule has 226 valence electrons. The Kier molecular flexibility index (Phi) is 8.91. The Morgan fingerprint density at radius 3 is 2.70 bits per heavy atom. The molecule has 0 radical (unpaired) electrons. The summed E-state index contributed by atoms with van der Waals surface area (Å²) >= 11 is 0. The second-order valence-corrected chi connectivity index (χ2v) is 10.8. The number of benzene rings is 1. The number of rotatable bonds is 10. The summed E-state index contributed by atoms with van der Waals surface area (Å²) in [6.45, 7) is 3.64. The van der Waals surface area contributed by atoms with Gasteiger partial charge in [0.2, 0.25) is 0 Å². The van der Waals surface area contributed by atoms with Crippen molar-refractivity contribution in [3.05, 3.63) is 88.8 Å². The van der Waals surface area contributed by atoms with Gasteiger partial charge in [0.15, 0.2) is 28.8 Å². The average molecular weight is 599 g/mol. The van der Waals surface area contributed by atoms with Gasteiger partial charge in [-0.25, -0.2) is 28.7 Å². The van der Waals surface area contributed by atoms with Crippen molar-refractivity contribution >= 4 is 34.1 Å². The van der Waals surface area contributed by atoms with Crippen LogP contribution in [0.2, 0.25) is 0 Å². The molecule has 3 aromatic heterocycles. The number of nitriles is 1. The van der Waals surface area contributed by atoms with Gasteiger partial charge in [0.1, 0.15) is 23.9 Å². The highest BCUT2D eigenvalue weighted by atomic mass is 19.2. The van der Waals surface area contributed by atoms with E-state index in [0.29, 0.717) is 17.9 Å². The van der Waals surface area contributed by atoms with Crippen LogP contribution in [0.3, 0.4) is 0 Å². The van der Waals surface area contributed by atoms with Crippen molar-refractivity contribution in [1.29, 1.82) is 5.26 Å². The number of anilines is 2. The molecule has 11 nitrogen and oxygen atoms in total. The monoisotopic (exact) mass is 598 g/mol. The number of carbonyl (C=O) groups is 1. The number of nitrogens with one attached hydrogen (secondary N) is 2. The maximum Gasteiger partial charge on any atom is 0.274 e. The lowest BCUT2D eigenvalue weighted by molar-refractivity contribution is 0.0935. The summed E-state index contributed by atoms with van der Waals surface area (Å²) in [5.74, 6) is -1.96. The van der Waals surface area contributed by atoms with Crippen LogP contribution in [-0.4, -0.2) is 62.5 Å². The van der Waals surface area contributed by atoms with Gasteiger partial charge < -0.3 is 25.8 Å². The molecule has 1 atom stereocenters. The first-order chi connectivity index (χ1) is 21.1. The zero-order valence-electron chi connectivity index (χ0n) is 24.6. The van der Waals surface area contributed by atoms with Crippen LogP contribution in [0.15, 0.2) is 54.6 Å². The maximum absolute atomic E-state index is 13.7. The van der Waals surface area contributed by atoms with E-state index in [2.05, 4.69) is 52.3 Å². The molecule has 5 rings (SSSR count). The Labute approximate surface area is 253 Å². The fourth-order valence-electron chi connectivity index (χ4n) is 4.98. The number of carbonyl (C=O) groups excluding carboxylic acids is 1. The Hall–Kier alpha value is -5.22. The lowest BCUT2D eigenvalue weighted by Gasteiger charge is -2.18. The molecule has 44 heavy (non-hydrogen) atoms. The smallest absolute Gasteiger partial charge is 0.274 e. The molecule has 0 aliphatic heterocycles. The minimum absolute atomic E-state index is 0.0290. The fraction of sp³-hybridized carbons (Fsp3) is 0.290. The van der Waals surface area contributed by atoms with Crippen LogP contribution >= 0.6 is 0 Å². The Balaban J connectivity index is 1.33. The van der Waals surface area contributed by atoms with Crippen molar-refractivity contribution < 1.29 is 13.6 Å². The topological polar surface area (TPSA) is 151 Å². The quantitative estimate of drug-likeness (QED) is 0.244. The molecule has 1 aromatic carbocycles. The van der Waals surface area contributed by atoms with E-state index in [1.54, 1.807) is 6.92 Å². The summed E-state index contributed by atoms with van der Waals surface area (Å²) in [7, 11) is 4.05. The summed E-state index contributed by atoms with van der Waals surface area (Å²) in [6.07, 6.45) is 10.4. The van der Waals surface area contributed by atoms with Crippen molar-refractivity contribution in [3.63, 3.8) is 0 Å². The Morgan fingerprint density at radius 1 is 1.18 bits per heavy atom. The third-order valence-corrected chi connectivity index (χ3v) is 7.43. The molecule has 1 aliphatic carbocycles. The second-order valence-electron chi connectivity index (χ2n) is 10.8. The van der Waals surface area contributed by atoms with Gasteiger partial charge in [-0.05, 0) is 57.1 Å². The van der Waals surface area contributed by atoms with Gasteiger partial charge in [-0.3, -0.25) is 4.79 Å². The molecule has 13 heteroatoms. The summed E-state index contributed by atoms with van der Waals surface area (Å²) in [4.78, 5) is 32.4. The highest BCUT2D eigenvalue weighted by molar-refractivity contribution is 5.98. The third-order valence-electron chi connectivity index (χ3n) is 7.43. The summed E-state index contributed by atoms with van der Waals surface area (Å²) in [5.41, 5.74) is 10.6. The first-order valence-electron chi connectivity index (χ1n) is 14.0. The van der Waals surface area contributed by atoms with Crippen LogP contribution < -0.4 is 16.4 Å². The molecule has 0 bridgehead atoms. The highest BCUT2D eigenvalue weighted by Crippen LogP contribution is 2.34. The number of nitrogen functional groups attached to an aromatic ring is 1. The van der Waals surface area contributed by atoms with Gasteiger partial charge in [0, 0.05) is 31.4 Å². The van der Waals surface area contributed by atoms with Crippen LogP contribution in [-0.2, 0) is 6.54 Å². The predicted molar refractivity (Wildman–Crippen MR) is 163 cm³/mol. The van der Waals surface area contributed by atoms with E-state index in [9.17, 15) is 18.8 Å². The van der Waals surface area contributed by atoms with E-state index in [-0.39, 0.29) is 17.2 Å². The van der Waals surface area contributed by atoms with Gasteiger partial charge >= 0.3 is 0 Å². The van der Waals surface area contributed by atoms with Gasteiger partial charge in [-0.1, -0.05) is 23.8 Å². The van der Waals surface area contributed by atoms with E-state index in [1.165, 1.54) is 18.6 Å². The van der Waals surface area contributed by atoms with E-state index in [4.69, 9.17) is 5.73 Å². The molecule has 4 N–H and O–H groups in total. The predicted octanol–water partition coefficient (Wildman–Crippen LogP) is 4.22. The van der Waals surface area contributed by atoms with Crippen molar-refractivity contribution in [3.8, 4) is 6.07 Å². The average Bonchev–Trinajstić information content (AvgIpc) is 3.40. The van der Waals surface area contributed by atoms with E-state index in [1.807, 2.05) is 26.2 Å². The molecule has 0 saturated heterocycles.